The van der Waals surface area contributed by atoms with Gasteiger partial charge in [0, 0.05) is 6.42 Å². The Bertz CT molecular complexity index is 391. The predicted octanol–water partition coefficient (Wildman–Crippen LogP) is 3.36. The molecule has 1 N–H and O–H groups in total. The fourth-order valence-corrected chi connectivity index (χ4v) is 3.38. The highest BCUT2D eigenvalue weighted by atomic mass is 16.4. The van der Waals surface area contributed by atoms with Gasteiger partial charge in [-0.25, -0.2) is 4.79 Å². The van der Waals surface area contributed by atoms with Crippen molar-refractivity contribution in [3.8, 4) is 0 Å². The third kappa shape index (κ3) is 6.61. The maximum absolute atomic E-state index is 11.9. The molecule has 0 aliphatic rings. The molecule has 5 heteroatoms. The Morgan fingerprint density at radius 2 is 1.32 bits per heavy atom. The van der Waals surface area contributed by atoms with Gasteiger partial charge in [0.1, 0.15) is 5.97 Å². The molecule has 0 aromatic heterocycles. The Labute approximate surface area is 154 Å². The molecule has 0 amide bonds. The molecule has 0 fully saturated rings. The fourth-order valence-electron chi connectivity index (χ4n) is 3.38. The van der Waals surface area contributed by atoms with Gasteiger partial charge in [-0.05, 0) is 20.3 Å². The molecule has 0 radical (unpaired) electrons. The van der Waals surface area contributed by atoms with Crippen LogP contribution >= 0.6 is 0 Å². The van der Waals surface area contributed by atoms with Crippen molar-refractivity contribution in [3.05, 3.63) is 0 Å². The summed E-state index contributed by atoms with van der Waals surface area (Å²) in [7, 11) is 3.34. The second kappa shape index (κ2) is 11.5. The van der Waals surface area contributed by atoms with Crippen molar-refractivity contribution in [3.63, 3.8) is 0 Å². The van der Waals surface area contributed by atoms with Crippen molar-refractivity contribution in [1.82, 2.24) is 0 Å². The van der Waals surface area contributed by atoms with Gasteiger partial charge in [-0.15, -0.1) is 0 Å². The van der Waals surface area contributed by atoms with Crippen molar-refractivity contribution >= 4 is 11.9 Å². The number of nitrogens with zero attached hydrogens (tertiary/aromatic N) is 1. The number of quaternary nitrogens is 1. The van der Waals surface area contributed by atoms with E-state index in [-0.39, 0.29) is 16.9 Å². The highest BCUT2D eigenvalue weighted by Crippen LogP contribution is 2.31. The zero-order valence-electron chi connectivity index (χ0n) is 17.0. The molecule has 0 saturated carbocycles. The van der Waals surface area contributed by atoms with Crippen LogP contribution in [0.1, 0.15) is 91.4 Å². The molecule has 0 aromatic carbocycles. The van der Waals surface area contributed by atoms with Crippen molar-refractivity contribution in [2.45, 2.75) is 103 Å². The molecule has 1 atom stereocenters. The van der Waals surface area contributed by atoms with E-state index in [9.17, 15) is 19.8 Å². The number of unbranched alkanes of at least 4 members (excludes halogenated alkanes) is 9. The maximum atomic E-state index is 11.9. The molecule has 0 aliphatic heterocycles. The number of carbonyl (C=O) groups is 2. The van der Waals surface area contributed by atoms with Gasteiger partial charge < -0.3 is 19.5 Å². The highest BCUT2D eigenvalue weighted by molar-refractivity contribution is 6.00. The summed E-state index contributed by atoms with van der Waals surface area (Å²) in [5.41, 5.74) is -1.88. The Kier molecular flexibility index (Phi) is 11.0. The van der Waals surface area contributed by atoms with Gasteiger partial charge >= 0.3 is 5.97 Å². The molecular weight excluding hydrogens is 318 g/mol. The summed E-state index contributed by atoms with van der Waals surface area (Å²) in [6.45, 7) is 5.90. The van der Waals surface area contributed by atoms with E-state index in [0.29, 0.717) is 6.42 Å². The molecule has 0 aromatic rings. The zero-order chi connectivity index (χ0) is 19.5. The molecule has 0 spiro atoms. The lowest BCUT2D eigenvalue weighted by Crippen LogP contribution is -2.73. The van der Waals surface area contributed by atoms with Gasteiger partial charge in [-0.1, -0.05) is 64.7 Å². The minimum Gasteiger partial charge on any atom is -0.543 e. The molecule has 25 heavy (non-hydrogen) atoms. The number of likely N-dealkylation sites (N-methyl/N-ethyl adjacent to an activating group) is 1. The smallest absolute Gasteiger partial charge is 0.372 e. The molecule has 148 valence electrons. The van der Waals surface area contributed by atoms with Crippen LogP contribution in [0, 0.1) is 0 Å². The third-order valence-corrected chi connectivity index (χ3v) is 5.86. The molecule has 0 heterocycles. The van der Waals surface area contributed by atoms with Crippen LogP contribution in [0.25, 0.3) is 0 Å². The van der Waals surface area contributed by atoms with Crippen LogP contribution in [0.2, 0.25) is 0 Å². The molecule has 5 nitrogen and oxygen atoms in total. The number of carbonyl (C=O) groups excluding carboxylic acids is 1. The lowest BCUT2D eigenvalue weighted by Gasteiger charge is -2.49. The number of hydrogen-bond donors (Lipinski definition) is 1. The van der Waals surface area contributed by atoms with Crippen LogP contribution in [0.5, 0.6) is 0 Å². The number of carboxylic acid groups (broad SMARTS) is 2. The fraction of sp³-hybridized carbons (Fsp3) is 0.900. The molecule has 0 saturated heterocycles. The van der Waals surface area contributed by atoms with Crippen LogP contribution < -0.4 is 5.11 Å². The van der Waals surface area contributed by atoms with Crippen molar-refractivity contribution in [2.24, 2.45) is 0 Å². The van der Waals surface area contributed by atoms with Gasteiger partial charge in [0.15, 0.2) is 0 Å². The minimum atomic E-state index is -1.88. The Morgan fingerprint density at radius 1 is 0.920 bits per heavy atom. The molecular formula is C20H39NO4. The van der Waals surface area contributed by atoms with E-state index in [1.807, 2.05) is 13.8 Å². The molecule has 0 rings (SSSR count). The minimum absolute atomic E-state index is 0.109. The normalized spacial score (nSPS) is 14.5. The summed E-state index contributed by atoms with van der Waals surface area (Å²) < 4.78 is -0.109. The van der Waals surface area contributed by atoms with Crippen LogP contribution in [0.15, 0.2) is 0 Å². The second-order valence-electron chi connectivity index (χ2n) is 8.02. The van der Waals surface area contributed by atoms with E-state index in [0.717, 1.165) is 19.3 Å². The first-order valence-electron chi connectivity index (χ1n) is 9.93. The Hall–Kier alpha value is -1.10. The maximum Gasteiger partial charge on any atom is 0.372 e. The first kappa shape index (κ1) is 23.9. The first-order valence-corrected chi connectivity index (χ1v) is 9.93. The van der Waals surface area contributed by atoms with Gasteiger partial charge in [0.2, 0.25) is 5.54 Å². The Morgan fingerprint density at radius 3 is 1.64 bits per heavy atom. The van der Waals surface area contributed by atoms with Crippen molar-refractivity contribution in [2.75, 3.05) is 14.1 Å². The lowest BCUT2D eigenvalue weighted by atomic mass is 9.86. The van der Waals surface area contributed by atoms with Crippen LogP contribution in [0.3, 0.4) is 0 Å². The molecule has 0 aliphatic carbocycles. The SMILES string of the molecule is CCCCCCCCCCCCC(C(=O)[O-])(C(=O)O)[N+](C)(C)C(C)C. The number of carboxylic acids is 2. The topological polar surface area (TPSA) is 77.4 Å². The summed E-state index contributed by atoms with van der Waals surface area (Å²) in [6, 6.07) is -0.128. The molecule has 1 unspecified atom stereocenters. The van der Waals surface area contributed by atoms with Gasteiger partial charge in [0.05, 0.1) is 20.1 Å². The average Bonchev–Trinajstić information content (AvgIpc) is 2.51. The first-order chi connectivity index (χ1) is 11.6. The van der Waals surface area contributed by atoms with Crippen molar-refractivity contribution in [1.29, 1.82) is 0 Å². The monoisotopic (exact) mass is 357 g/mol. The zero-order valence-corrected chi connectivity index (χ0v) is 17.0. The number of aliphatic carboxylic acids is 2. The summed E-state index contributed by atoms with van der Waals surface area (Å²) in [6.07, 6.45) is 11.4. The van der Waals surface area contributed by atoms with E-state index < -0.39 is 17.5 Å². The summed E-state index contributed by atoms with van der Waals surface area (Å²) >= 11 is 0. The van der Waals surface area contributed by atoms with Gasteiger partial charge in [-0.3, -0.25) is 0 Å². The van der Waals surface area contributed by atoms with E-state index in [2.05, 4.69) is 6.92 Å². The van der Waals surface area contributed by atoms with Gasteiger partial charge in [0.25, 0.3) is 0 Å². The van der Waals surface area contributed by atoms with Crippen molar-refractivity contribution < 1.29 is 24.3 Å². The van der Waals surface area contributed by atoms with Crippen LogP contribution in [-0.2, 0) is 9.59 Å². The number of rotatable bonds is 15. The van der Waals surface area contributed by atoms with Crippen LogP contribution in [-0.4, -0.2) is 47.2 Å². The van der Waals surface area contributed by atoms with E-state index in [1.54, 1.807) is 14.1 Å². The summed E-state index contributed by atoms with van der Waals surface area (Å²) in [4.78, 5) is 23.7. The Balaban J connectivity index is 4.44. The van der Waals surface area contributed by atoms with Crippen LogP contribution in [0.4, 0.5) is 0 Å². The average molecular weight is 358 g/mol. The quantitative estimate of drug-likeness (QED) is 0.277. The highest BCUT2D eigenvalue weighted by Gasteiger charge is 2.55. The summed E-state index contributed by atoms with van der Waals surface area (Å²) in [5.74, 6) is -2.77. The standard InChI is InChI=1S/C20H39NO4/c1-6-7-8-9-10-11-12-13-14-15-16-20(18(22)23,19(24)25)21(4,5)17(2)3/h17H,6-16H2,1-5H3,(H-,22,23,24,25). The number of hydrogen-bond acceptors (Lipinski definition) is 3. The predicted molar refractivity (Wildman–Crippen MR) is 99.1 cm³/mol. The van der Waals surface area contributed by atoms with E-state index >= 15 is 0 Å². The lowest BCUT2D eigenvalue weighted by molar-refractivity contribution is -0.945. The second-order valence-corrected chi connectivity index (χ2v) is 8.02. The van der Waals surface area contributed by atoms with E-state index in [1.165, 1.54) is 38.5 Å². The summed E-state index contributed by atoms with van der Waals surface area (Å²) in [5, 5.41) is 21.5. The van der Waals surface area contributed by atoms with E-state index in [4.69, 9.17) is 0 Å². The third-order valence-electron chi connectivity index (χ3n) is 5.86. The molecule has 0 bridgehead atoms. The largest absolute Gasteiger partial charge is 0.543 e. The van der Waals surface area contributed by atoms with Gasteiger partial charge in [-0.2, -0.15) is 0 Å².